The average molecular weight is 548 g/mol. The standard InChI is InChI=1S/C27H32F3N5O4/c1-3-20-21(31-14-17-7-5-4-6-8-17)13-19-24(39-16-27(28,29)30)23(34(2)25(19)33-20)26(38)32-18-9-11-35(12-10-18)22(37)15-36/h4-8,13,18,31,36H,3,9-12,14-16H2,1-2H3,(H,32,38). The minimum Gasteiger partial charge on any atom is -0.481 e. The van der Waals surface area contributed by atoms with E-state index in [1.165, 1.54) is 9.47 Å². The Morgan fingerprint density at radius 1 is 1.18 bits per heavy atom. The van der Waals surface area contributed by atoms with Crippen LogP contribution in [-0.2, 0) is 24.8 Å². The summed E-state index contributed by atoms with van der Waals surface area (Å²) >= 11 is 0. The number of amides is 2. The molecule has 9 nitrogen and oxygen atoms in total. The summed E-state index contributed by atoms with van der Waals surface area (Å²) in [5.41, 5.74) is 2.65. The van der Waals surface area contributed by atoms with Crippen molar-refractivity contribution in [3.8, 4) is 5.75 Å². The van der Waals surface area contributed by atoms with Crippen LogP contribution in [0.1, 0.15) is 41.5 Å². The molecule has 0 bridgehead atoms. The molecule has 210 valence electrons. The summed E-state index contributed by atoms with van der Waals surface area (Å²) in [6.07, 6.45) is -3.14. The van der Waals surface area contributed by atoms with Gasteiger partial charge in [-0.25, -0.2) is 4.98 Å². The van der Waals surface area contributed by atoms with E-state index >= 15 is 0 Å². The molecule has 12 heteroatoms. The van der Waals surface area contributed by atoms with Crippen molar-refractivity contribution in [3.05, 3.63) is 53.3 Å². The molecule has 1 aliphatic rings. The molecule has 1 aromatic carbocycles. The van der Waals surface area contributed by atoms with E-state index in [4.69, 9.17) is 14.8 Å². The Kier molecular flexibility index (Phi) is 8.63. The van der Waals surface area contributed by atoms with Crippen LogP contribution < -0.4 is 15.4 Å². The second kappa shape index (κ2) is 11.9. The highest BCUT2D eigenvalue weighted by molar-refractivity contribution is 6.04. The predicted octanol–water partition coefficient (Wildman–Crippen LogP) is 3.40. The van der Waals surface area contributed by atoms with E-state index < -0.39 is 25.3 Å². The van der Waals surface area contributed by atoms with Crippen LogP contribution in [0.4, 0.5) is 18.9 Å². The molecule has 1 saturated heterocycles. The third-order valence-corrected chi connectivity index (χ3v) is 6.77. The van der Waals surface area contributed by atoms with Gasteiger partial charge in [0.15, 0.2) is 18.1 Å². The molecule has 3 N–H and O–H groups in total. The monoisotopic (exact) mass is 547 g/mol. The molecule has 0 radical (unpaired) electrons. The van der Waals surface area contributed by atoms with Crippen LogP contribution in [-0.4, -0.2) is 69.9 Å². The number of aromatic nitrogens is 2. The summed E-state index contributed by atoms with van der Waals surface area (Å²) in [4.78, 5) is 31.3. The molecule has 0 aliphatic carbocycles. The van der Waals surface area contributed by atoms with Gasteiger partial charge in [-0.3, -0.25) is 9.59 Å². The normalized spacial score (nSPS) is 14.5. The number of hydrogen-bond acceptors (Lipinski definition) is 6. The summed E-state index contributed by atoms with van der Waals surface area (Å²) in [5, 5.41) is 15.6. The van der Waals surface area contributed by atoms with E-state index in [1.807, 2.05) is 37.3 Å². The number of hydrogen-bond donors (Lipinski definition) is 3. The van der Waals surface area contributed by atoms with Crippen LogP contribution in [0.5, 0.6) is 5.75 Å². The van der Waals surface area contributed by atoms with E-state index in [0.29, 0.717) is 61.3 Å². The highest BCUT2D eigenvalue weighted by Crippen LogP contribution is 2.36. The summed E-state index contributed by atoms with van der Waals surface area (Å²) in [6.45, 7) is 0.979. The average Bonchev–Trinajstić information content (AvgIpc) is 3.20. The molecule has 1 fully saturated rings. The number of aliphatic hydroxyl groups is 1. The number of aliphatic hydroxyl groups excluding tert-OH is 1. The van der Waals surface area contributed by atoms with Crippen LogP contribution in [0, 0.1) is 0 Å². The summed E-state index contributed by atoms with van der Waals surface area (Å²) in [5.74, 6) is -1.16. The van der Waals surface area contributed by atoms with Crippen LogP contribution in [0.3, 0.4) is 0 Å². The summed E-state index contributed by atoms with van der Waals surface area (Å²) in [7, 11) is 1.57. The first kappa shape index (κ1) is 28.2. The van der Waals surface area contributed by atoms with Crippen molar-refractivity contribution < 1.29 is 32.6 Å². The van der Waals surface area contributed by atoms with Gasteiger partial charge in [-0.05, 0) is 30.9 Å². The van der Waals surface area contributed by atoms with Crippen molar-refractivity contribution in [2.45, 2.75) is 44.9 Å². The lowest BCUT2D eigenvalue weighted by Gasteiger charge is -2.32. The first-order valence-corrected chi connectivity index (χ1v) is 12.8. The first-order valence-electron chi connectivity index (χ1n) is 12.8. The number of piperidine rings is 1. The molecule has 0 saturated carbocycles. The second-order valence-electron chi connectivity index (χ2n) is 9.47. The van der Waals surface area contributed by atoms with E-state index in [1.54, 1.807) is 13.1 Å². The Labute approximate surface area is 223 Å². The quantitative estimate of drug-likeness (QED) is 0.379. The van der Waals surface area contributed by atoms with Gasteiger partial charge in [0, 0.05) is 32.7 Å². The fourth-order valence-corrected chi connectivity index (χ4v) is 4.75. The summed E-state index contributed by atoms with van der Waals surface area (Å²) in [6, 6.07) is 11.0. The van der Waals surface area contributed by atoms with Gasteiger partial charge >= 0.3 is 6.18 Å². The zero-order valence-corrected chi connectivity index (χ0v) is 21.8. The minimum absolute atomic E-state index is 0.0575. The number of nitrogens with one attached hydrogen (secondary N) is 2. The van der Waals surface area contributed by atoms with E-state index in [2.05, 4.69) is 10.6 Å². The fourth-order valence-electron chi connectivity index (χ4n) is 4.75. The molecule has 1 aliphatic heterocycles. The molecule has 2 amide bonds. The minimum atomic E-state index is -4.60. The Hall–Kier alpha value is -3.80. The van der Waals surface area contributed by atoms with Crippen LogP contribution in [0.2, 0.25) is 0 Å². The summed E-state index contributed by atoms with van der Waals surface area (Å²) < 4.78 is 46.2. The molecule has 0 spiro atoms. The van der Waals surface area contributed by atoms with Gasteiger partial charge < -0.3 is 29.9 Å². The Morgan fingerprint density at radius 2 is 1.87 bits per heavy atom. The number of nitrogens with zero attached hydrogens (tertiary/aromatic N) is 3. The van der Waals surface area contributed by atoms with Gasteiger partial charge in [0.05, 0.1) is 16.8 Å². The van der Waals surface area contributed by atoms with Crippen molar-refractivity contribution in [1.82, 2.24) is 19.8 Å². The number of halogens is 3. The van der Waals surface area contributed by atoms with Crippen LogP contribution in [0.25, 0.3) is 11.0 Å². The third-order valence-electron chi connectivity index (χ3n) is 6.77. The van der Waals surface area contributed by atoms with Gasteiger partial charge in [-0.1, -0.05) is 37.3 Å². The van der Waals surface area contributed by atoms with Crippen molar-refractivity contribution in [1.29, 1.82) is 0 Å². The maximum atomic E-state index is 13.4. The lowest BCUT2D eigenvalue weighted by Crippen LogP contribution is -2.47. The third kappa shape index (κ3) is 6.62. The zero-order valence-electron chi connectivity index (χ0n) is 21.8. The number of likely N-dealkylation sites (tertiary alicyclic amines) is 1. The largest absolute Gasteiger partial charge is 0.481 e. The van der Waals surface area contributed by atoms with Gasteiger partial charge in [-0.15, -0.1) is 0 Å². The molecule has 3 heterocycles. The van der Waals surface area contributed by atoms with Gasteiger partial charge in [0.1, 0.15) is 12.3 Å². The van der Waals surface area contributed by atoms with E-state index in [-0.39, 0.29) is 23.4 Å². The molecule has 2 aromatic heterocycles. The van der Waals surface area contributed by atoms with Gasteiger partial charge in [-0.2, -0.15) is 13.2 Å². The fraction of sp³-hybridized carbons (Fsp3) is 0.444. The zero-order chi connectivity index (χ0) is 28.2. The van der Waals surface area contributed by atoms with Crippen molar-refractivity contribution in [3.63, 3.8) is 0 Å². The number of rotatable bonds is 9. The highest BCUT2D eigenvalue weighted by Gasteiger charge is 2.33. The lowest BCUT2D eigenvalue weighted by atomic mass is 10.0. The number of carbonyl (C=O) groups is 2. The van der Waals surface area contributed by atoms with Crippen LogP contribution in [0.15, 0.2) is 36.4 Å². The molecule has 39 heavy (non-hydrogen) atoms. The number of carbonyl (C=O) groups excluding carboxylic acids is 2. The SMILES string of the molecule is CCc1nc2c(cc1NCc1ccccc1)c(OCC(F)(F)F)c(C(=O)NC1CCN(C(=O)CO)CC1)n2C. The van der Waals surface area contributed by atoms with Crippen molar-refractivity contribution in [2.75, 3.05) is 31.6 Å². The molecular weight excluding hydrogens is 515 g/mol. The topological polar surface area (TPSA) is 109 Å². The molecule has 0 atom stereocenters. The second-order valence-corrected chi connectivity index (χ2v) is 9.47. The number of alkyl halides is 3. The maximum Gasteiger partial charge on any atom is 0.422 e. The Morgan fingerprint density at radius 3 is 2.49 bits per heavy atom. The maximum absolute atomic E-state index is 13.4. The number of benzene rings is 1. The number of fused-ring (bicyclic) bond motifs is 1. The Bertz CT molecular complexity index is 1320. The number of pyridine rings is 1. The first-order chi connectivity index (χ1) is 18.6. The molecule has 0 unspecified atom stereocenters. The van der Waals surface area contributed by atoms with Gasteiger partial charge in [0.25, 0.3) is 5.91 Å². The van der Waals surface area contributed by atoms with Crippen molar-refractivity contribution >= 4 is 28.5 Å². The van der Waals surface area contributed by atoms with Gasteiger partial charge in [0.2, 0.25) is 5.91 Å². The highest BCUT2D eigenvalue weighted by atomic mass is 19.4. The molecule has 4 rings (SSSR count). The molecular formula is C27H32F3N5O4. The molecule has 3 aromatic rings. The van der Waals surface area contributed by atoms with Crippen LogP contribution >= 0.6 is 0 Å². The van der Waals surface area contributed by atoms with E-state index in [9.17, 15) is 22.8 Å². The van der Waals surface area contributed by atoms with Crippen molar-refractivity contribution in [2.24, 2.45) is 7.05 Å². The predicted molar refractivity (Wildman–Crippen MR) is 140 cm³/mol. The Balaban J connectivity index is 1.65. The number of aryl methyl sites for hydroxylation is 2. The lowest BCUT2D eigenvalue weighted by molar-refractivity contribution is -0.153. The smallest absolute Gasteiger partial charge is 0.422 e. The number of ether oxygens (including phenoxy) is 1. The van der Waals surface area contributed by atoms with E-state index in [0.717, 1.165) is 5.56 Å². The number of anilines is 1.